The molecule has 0 rings (SSSR count). The van der Waals surface area contributed by atoms with Crippen molar-refractivity contribution >= 4 is 19.8 Å². The van der Waals surface area contributed by atoms with Gasteiger partial charge < -0.3 is 20.1 Å². The molecule has 0 aromatic carbocycles. The van der Waals surface area contributed by atoms with Crippen molar-refractivity contribution in [3.8, 4) is 0 Å². The minimum absolute atomic E-state index is 0.0555. The normalized spacial score (nSPS) is 13.5. The molecule has 0 bridgehead atoms. The number of phosphoric acid groups is 1. The first kappa shape index (κ1) is 45.8. The van der Waals surface area contributed by atoms with Gasteiger partial charge in [0.1, 0.15) is 6.61 Å². The summed E-state index contributed by atoms with van der Waals surface area (Å²) in [4.78, 5) is 34.6. The van der Waals surface area contributed by atoms with Crippen LogP contribution in [-0.2, 0) is 32.7 Å². The van der Waals surface area contributed by atoms with Crippen LogP contribution < -0.4 is 5.73 Å². The van der Waals surface area contributed by atoms with Gasteiger partial charge in [0.2, 0.25) is 0 Å². The van der Waals surface area contributed by atoms with E-state index in [0.29, 0.717) is 6.42 Å². The summed E-state index contributed by atoms with van der Waals surface area (Å²) in [5.74, 6) is -0.829. The first-order valence-electron chi connectivity index (χ1n) is 19.2. The number of phosphoric ester groups is 1. The van der Waals surface area contributed by atoms with Crippen molar-refractivity contribution < 1.29 is 37.6 Å². The van der Waals surface area contributed by atoms with Gasteiger partial charge in [-0.15, -0.1) is 0 Å². The average molecular weight is 690 g/mol. The van der Waals surface area contributed by atoms with E-state index in [9.17, 15) is 19.0 Å². The molecule has 278 valence electrons. The van der Waals surface area contributed by atoms with Crippen LogP contribution in [0.4, 0.5) is 0 Å². The Morgan fingerprint density at radius 3 is 1.53 bits per heavy atom. The van der Waals surface area contributed by atoms with Gasteiger partial charge in [0.05, 0.1) is 13.2 Å². The minimum Gasteiger partial charge on any atom is -0.462 e. The van der Waals surface area contributed by atoms with E-state index in [2.05, 4.69) is 26.0 Å². The molecule has 0 fully saturated rings. The first-order chi connectivity index (χ1) is 22.8. The van der Waals surface area contributed by atoms with Gasteiger partial charge in [-0.3, -0.25) is 18.6 Å². The molecule has 0 aliphatic rings. The van der Waals surface area contributed by atoms with Gasteiger partial charge in [-0.2, -0.15) is 0 Å². The zero-order chi connectivity index (χ0) is 34.7. The molecule has 0 amide bonds. The van der Waals surface area contributed by atoms with Gasteiger partial charge >= 0.3 is 19.8 Å². The third-order valence-electron chi connectivity index (χ3n) is 8.15. The van der Waals surface area contributed by atoms with E-state index >= 15 is 0 Å². The van der Waals surface area contributed by atoms with E-state index in [4.69, 9.17) is 24.3 Å². The number of esters is 2. The summed E-state index contributed by atoms with van der Waals surface area (Å²) in [6.45, 7) is 3.70. The van der Waals surface area contributed by atoms with Crippen LogP contribution in [0.1, 0.15) is 181 Å². The molecule has 0 heterocycles. The zero-order valence-corrected chi connectivity index (χ0v) is 31.2. The van der Waals surface area contributed by atoms with Crippen molar-refractivity contribution in [3.05, 3.63) is 12.2 Å². The summed E-state index contributed by atoms with van der Waals surface area (Å²) in [6, 6.07) is 0. The lowest BCUT2D eigenvalue weighted by Crippen LogP contribution is -2.29. The Bertz CT molecular complexity index is 794. The van der Waals surface area contributed by atoms with Crippen LogP contribution in [-0.4, -0.2) is 49.3 Å². The molecule has 47 heavy (non-hydrogen) atoms. The summed E-state index contributed by atoms with van der Waals surface area (Å²) >= 11 is 0. The second-order valence-electron chi connectivity index (χ2n) is 12.8. The highest BCUT2D eigenvalue weighted by Crippen LogP contribution is 2.43. The monoisotopic (exact) mass is 689 g/mol. The zero-order valence-electron chi connectivity index (χ0n) is 30.3. The quantitative estimate of drug-likeness (QED) is 0.0285. The van der Waals surface area contributed by atoms with E-state index in [1.165, 1.54) is 109 Å². The molecule has 0 aliphatic carbocycles. The van der Waals surface area contributed by atoms with Crippen LogP contribution in [0.5, 0.6) is 0 Å². The van der Waals surface area contributed by atoms with Gasteiger partial charge in [-0.1, -0.05) is 142 Å². The van der Waals surface area contributed by atoms with Gasteiger partial charge in [-0.25, -0.2) is 4.57 Å². The predicted molar refractivity (Wildman–Crippen MR) is 192 cm³/mol. The molecule has 9 nitrogen and oxygen atoms in total. The van der Waals surface area contributed by atoms with E-state index in [1.54, 1.807) is 0 Å². The first-order valence-corrected chi connectivity index (χ1v) is 20.7. The fourth-order valence-corrected chi connectivity index (χ4v) is 6.04. The number of carbonyl (C=O) groups is 2. The molecule has 1 unspecified atom stereocenters. The molecule has 0 aromatic rings. The van der Waals surface area contributed by atoms with Crippen molar-refractivity contribution in [1.29, 1.82) is 0 Å². The number of ether oxygens (including phenoxy) is 2. The number of unbranched alkanes of at least 4 members (excludes halogenated alkanes) is 21. The van der Waals surface area contributed by atoms with Gasteiger partial charge in [-0.05, 0) is 38.5 Å². The highest BCUT2D eigenvalue weighted by molar-refractivity contribution is 7.47. The molecule has 0 saturated heterocycles. The fraction of sp³-hybridized carbons (Fsp3) is 0.892. The summed E-state index contributed by atoms with van der Waals surface area (Å²) in [6.07, 6.45) is 32.4. The average Bonchev–Trinajstić information content (AvgIpc) is 3.05. The van der Waals surface area contributed by atoms with Crippen LogP contribution in [0.3, 0.4) is 0 Å². The third kappa shape index (κ3) is 34.4. The summed E-state index contributed by atoms with van der Waals surface area (Å²) in [7, 11) is -4.36. The maximum Gasteiger partial charge on any atom is 0.472 e. The fourth-order valence-electron chi connectivity index (χ4n) is 5.28. The molecule has 0 aromatic heterocycles. The number of carbonyl (C=O) groups excluding carboxylic acids is 2. The third-order valence-corrected chi connectivity index (χ3v) is 9.14. The predicted octanol–water partition coefficient (Wildman–Crippen LogP) is 10.3. The van der Waals surface area contributed by atoms with E-state index in [1.807, 2.05) is 0 Å². The molecule has 0 saturated carbocycles. The molecule has 0 spiro atoms. The number of rotatable bonds is 36. The Morgan fingerprint density at radius 2 is 1.04 bits per heavy atom. The molecular formula is C37H72NO8P. The van der Waals surface area contributed by atoms with Gasteiger partial charge in [0.25, 0.3) is 0 Å². The topological polar surface area (TPSA) is 134 Å². The Kier molecular flexibility index (Phi) is 33.7. The van der Waals surface area contributed by atoms with Crippen molar-refractivity contribution in [2.24, 2.45) is 5.73 Å². The van der Waals surface area contributed by atoms with Gasteiger partial charge in [0, 0.05) is 19.4 Å². The van der Waals surface area contributed by atoms with Crippen molar-refractivity contribution in [1.82, 2.24) is 0 Å². The highest BCUT2D eigenvalue weighted by atomic mass is 31.2. The SMILES string of the molecule is CCCCCC/C=C/CCCCCCCCCCCC(=O)O[C@H](COC(=O)CCCCCCCCCCC)COP(=O)(O)OCCN. The maximum atomic E-state index is 12.5. The molecule has 0 aliphatic heterocycles. The van der Waals surface area contributed by atoms with E-state index < -0.39 is 26.5 Å². The Morgan fingerprint density at radius 1 is 0.617 bits per heavy atom. The smallest absolute Gasteiger partial charge is 0.462 e. The number of nitrogens with two attached hydrogens (primary N) is 1. The van der Waals surface area contributed by atoms with Crippen LogP contribution in [0.15, 0.2) is 12.2 Å². The summed E-state index contributed by atoms with van der Waals surface area (Å²) < 4.78 is 32.6. The van der Waals surface area contributed by atoms with Crippen molar-refractivity contribution in [2.45, 2.75) is 187 Å². The Labute approximate surface area is 288 Å². The highest BCUT2D eigenvalue weighted by Gasteiger charge is 2.25. The maximum absolute atomic E-state index is 12.5. The van der Waals surface area contributed by atoms with E-state index in [-0.39, 0.29) is 38.6 Å². The molecular weight excluding hydrogens is 617 g/mol. The molecule has 0 radical (unpaired) electrons. The lowest BCUT2D eigenvalue weighted by atomic mass is 10.1. The van der Waals surface area contributed by atoms with Crippen molar-refractivity contribution in [2.75, 3.05) is 26.4 Å². The lowest BCUT2D eigenvalue weighted by Gasteiger charge is -2.19. The van der Waals surface area contributed by atoms with Crippen molar-refractivity contribution in [3.63, 3.8) is 0 Å². The minimum atomic E-state index is -4.36. The number of hydrogen-bond acceptors (Lipinski definition) is 8. The lowest BCUT2D eigenvalue weighted by molar-refractivity contribution is -0.161. The van der Waals surface area contributed by atoms with Crippen LogP contribution in [0, 0.1) is 0 Å². The van der Waals surface area contributed by atoms with Crippen LogP contribution in [0.2, 0.25) is 0 Å². The standard InChI is InChI=1S/C37H72NO8P/c1-3-5-7-9-11-13-14-15-16-17-18-19-20-22-24-26-28-30-37(40)46-35(34-45-47(41,42)44-32-31-38)33-43-36(39)29-27-25-23-21-12-10-8-6-4-2/h13-14,35H,3-12,15-34,38H2,1-2H3,(H,41,42)/b14-13+/t35-/m1/s1. The van der Waals surface area contributed by atoms with Crippen LogP contribution >= 0.6 is 7.82 Å². The second-order valence-corrected chi connectivity index (χ2v) is 14.3. The Hall–Kier alpha value is -1.25. The van der Waals surface area contributed by atoms with E-state index in [0.717, 1.165) is 38.5 Å². The number of allylic oxidation sites excluding steroid dienone is 2. The molecule has 2 atom stereocenters. The summed E-state index contributed by atoms with van der Waals surface area (Å²) in [5, 5.41) is 0. The molecule has 10 heteroatoms. The molecule has 3 N–H and O–H groups in total. The largest absolute Gasteiger partial charge is 0.472 e. The van der Waals surface area contributed by atoms with Gasteiger partial charge in [0.15, 0.2) is 6.10 Å². The number of hydrogen-bond donors (Lipinski definition) is 2. The second kappa shape index (κ2) is 34.6. The Balaban J connectivity index is 4.16. The van der Waals surface area contributed by atoms with Crippen LogP contribution in [0.25, 0.3) is 0 Å². The summed E-state index contributed by atoms with van der Waals surface area (Å²) in [5.41, 5.74) is 5.32.